The van der Waals surface area contributed by atoms with E-state index in [-0.39, 0.29) is 6.42 Å². The van der Waals surface area contributed by atoms with E-state index in [0.29, 0.717) is 11.7 Å². The first kappa shape index (κ1) is 13.0. The van der Waals surface area contributed by atoms with Gasteiger partial charge in [-0.25, -0.2) is 9.97 Å². The Morgan fingerprint density at radius 1 is 1.44 bits per heavy atom. The van der Waals surface area contributed by atoms with E-state index in [2.05, 4.69) is 9.97 Å². The van der Waals surface area contributed by atoms with Crippen LogP contribution in [0.1, 0.15) is 63.4 Å². The summed E-state index contributed by atoms with van der Waals surface area (Å²) in [6, 6.07) is 1.97. The van der Waals surface area contributed by atoms with Crippen LogP contribution in [-0.2, 0) is 10.2 Å². The Morgan fingerprint density at radius 3 is 2.72 bits per heavy atom. The van der Waals surface area contributed by atoms with Crippen LogP contribution in [-0.4, -0.2) is 21.0 Å². The number of carboxylic acids is 1. The molecule has 0 radical (unpaired) electrons. The molecule has 1 N–H and O–H groups in total. The highest BCUT2D eigenvalue weighted by Gasteiger charge is 2.28. The summed E-state index contributed by atoms with van der Waals surface area (Å²) in [6.07, 6.45) is 6.73. The third kappa shape index (κ3) is 2.86. The third-order valence-corrected chi connectivity index (χ3v) is 3.65. The smallest absolute Gasteiger partial charge is 0.304 e. The van der Waals surface area contributed by atoms with Gasteiger partial charge in [-0.15, -0.1) is 0 Å². The predicted molar refractivity (Wildman–Crippen MR) is 68.5 cm³/mol. The Labute approximate surface area is 107 Å². The largest absolute Gasteiger partial charge is 0.481 e. The van der Waals surface area contributed by atoms with Crippen molar-refractivity contribution in [2.75, 3.05) is 0 Å². The fourth-order valence-corrected chi connectivity index (χ4v) is 2.60. The highest BCUT2D eigenvalue weighted by molar-refractivity contribution is 5.68. The second-order valence-electron chi connectivity index (χ2n) is 5.74. The molecular formula is C14H20N2O2. The van der Waals surface area contributed by atoms with Crippen molar-refractivity contribution in [2.24, 2.45) is 0 Å². The molecule has 1 aliphatic rings. The lowest BCUT2D eigenvalue weighted by atomic mass is 9.88. The molecule has 4 heteroatoms. The summed E-state index contributed by atoms with van der Waals surface area (Å²) in [5.41, 5.74) is 0.566. The fraction of sp³-hybridized carbons (Fsp3) is 0.643. The minimum atomic E-state index is -0.810. The third-order valence-electron chi connectivity index (χ3n) is 3.65. The van der Waals surface area contributed by atoms with E-state index in [1.54, 1.807) is 6.20 Å². The Morgan fingerprint density at radius 2 is 2.11 bits per heavy atom. The van der Waals surface area contributed by atoms with Crippen LogP contribution in [0.5, 0.6) is 0 Å². The zero-order valence-electron chi connectivity index (χ0n) is 11.0. The van der Waals surface area contributed by atoms with E-state index in [4.69, 9.17) is 5.11 Å². The molecule has 98 valence electrons. The molecule has 1 fully saturated rings. The van der Waals surface area contributed by atoms with Crippen molar-refractivity contribution in [1.29, 1.82) is 0 Å². The van der Waals surface area contributed by atoms with Crippen molar-refractivity contribution >= 4 is 5.97 Å². The number of carboxylic acid groups (broad SMARTS) is 1. The van der Waals surface area contributed by atoms with Gasteiger partial charge in [-0.1, -0.05) is 26.7 Å². The maximum absolute atomic E-state index is 10.9. The summed E-state index contributed by atoms with van der Waals surface area (Å²) in [5, 5.41) is 8.94. The van der Waals surface area contributed by atoms with Gasteiger partial charge in [-0.3, -0.25) is 4.79 Å². The van der Waals surface area contributed by atoms with Crippen LogP contribution in [0, 0.1) is 0 Å². The molecule has 0 saturated heterocycles. The van der Waals surface area contributed by atoms with Gasteiger partial charge in [0.1, 0.15) is 5.82 Å². The average molecular weight is 248 g/mol. The molecule has 0 aliphatic heterocycles. The van der Waals surface area contributed by atoms with E-state index in [9.17, 15) is 4.79 Å². The van der Waals surface area contributed by atoms with E-state index >= 15 is 0 Å². The Hall–Kier alpha value is -1.45. The van der Waals surface area contributed by atoms with Gasteiger partial charge in [-0.05, 0) is 18.9 Å². The Kier molecular flexibility index (Phi) is 3.64. The van der Waals surface area contributed by atoms with Gasteiger partial charge < -0.3 is 5.11 Å². The summed E-state index contributed by atoms with van der Waals surface area (Å²) in [5.74, 6) is 0.372. The van der Waals surface area contributed by atoms with Crippen LogP contribution >= 0.6 is 0 Å². The number of nitrogens with zero attached hydrogens (tertiary/aromatic N) is 2. The average Bonchev–Trinajstić information content (AvgIpc) is 2.81. The van der Waals surface area contributed by atoms with Crippen molar-refractivity contribution < 1.29 is 9.90 Å². The summed E-state index contributed by atoms with van der Waals surface area (Å²) in [6.45, 7) is 3.77. The van der Waals surface area contributed by atoms with Crippen molar-refractivity contribution in [3.63, 3.8) is 0 Å². The molecule has 0 amide bonds. The first-order chi connectivity index (χ1) is 8.49. The number of carbonyl (C=O) groups is 1. The molecule has 0 spiro atoms. The summed E-state index contributed by atoms with van der Waals surface area (Å²) in [7, 11) is 0. The van der Waals surface area contributed by atoms with Gasteiger partial charge in [0.25, 0.3) is 0 Å². The molecule has 1 heterocycles. The molecule has 2 rings (SSSR count). The molecule has 0 bridgehead atoms. The van der Waals surface area contributed by atoms with Gasteiger partial charge >= 0.3 is 5.97 Å². The monoisotopic (exact) mass is 248 g/mol. The first-order valence-corrected chi connectivity index (χ1v) is 6.54. The quantitative estimate of drug-likeness (QED) is 0.889. The van der Waals surface area contributed by atoms with E-state index < -0.39 is 11.4 Å². The lowest BCUT2D eigenvalue weighted by molar-refractivity contribution is -0.138. The van der Waals surface area contributed by atoms with E-state index in [0.717, 1.165) is 5.69 Å². The van der Waals surface area contributed by atoms with Crippen LogP contribution < -0.4 is 0 Å². The van der Waals surface area contributed by atoms with Crippen LogP contribution in [0.3, 0.4) is 0 Å². The summed E-state index contributed by atoms with van der Waals surface area (Å²) >= 11 is 0. The second kappa shape index (κ2) is 5.04. The highest BCUT2D eigenvalue weighted by Crippen LogP contribution is 2.34. The SMILES string of the molecule is CC(C)(CC(=O)O)c1nccc(C2CCCC2)n1. The van der Waals surface area contributed by atoms with Crippen molar-refractivity contribution in [3.05, 3.63) is 23.8 Å². The zero-order valence-corrected chi connectivity index (χ0v) is 11.0. The van der Waals surface area contributed by atoms with E-state index in [1.165, 1.54) is 25.7 Å². The number of aromatic nitrogens is 2. The molecule has 1 saturated carbocycles. The van der Waals surface area contributed by atoms with Crippen LogP contribution in [0.4, 0.5) is 0 Å². The molecular weight excluding hydrogens is 228 g/mol. The minimum absolute atomic E-state index is 0.0567. The maximum Gasteiger partial charge on any atom is 0.304 e. The van der Waals surface area contributed by atoms with Gasteiger partial charge in [0.2, 0.25) is 0 Å². The number of aliphatic carboxylic acids is 1. The summed E-state index contributed by atoms with van der Waals surface area (Å²) < 4.78 is 0. The number of hydrogen-bond donors (Lipinski definition) is 1. The standard InChI is InChI=1S/C14H20N2O2/c1-14(2,9-12(17)18)13-15-8-7-11(16-13)10-5-3-4-6-10/h7-8,10H,3-6,9H2,1-2H3,(H,17,18). The molecule has 1 aromatic heterocycles. The molecule has 1 aliphatic carbocycles. The van der Waals surface area contributed by atoms with Crippen molar-refractivity contribution in [1.82, 2.24) is 9.97 Å². The van der Waals surface area contributed by atoms with Gasteiger partial charge in [0.15, 0.2) is 0 Å². The molecule has 0 aromatic carbocycles. The molecule has 4 nitrogen and oxygen atoms in total. The minimum Gasteiger partial charge on any atom is -0.481 e. The van der Waals surface area contributed by atoms with Crippen molar-refractivity contribution in [3.8, 4) is 0 Å². The molecule has 18 heavy (non-hydrogen) atoms. The first-order valence-electron chi connectivity index (χ1n) is 6.54. The van der Waals surface area contributed by atoms with E-state index in [1.807, 2.05) is 19.9 Å². The Bertz CT molecular complexity index is 437. The Balaban J connectivity index is 2.23. The lowest BCUT2D eigenvalue weighted by Gasteiger charge is -2.21. The van der Waals surface area contributed by atoms with Crippen molar-refractivity contribution in [2.45, 2.75) is 57.3 Å². The topological polar surface area (TPSA) is 63.1 Å². The van der Waals surface area contributed by atoms with Crippen LogP contribution in [0.25, 0.3) is 0 Å². The zero-order chi connectivity index (χ0) is 13.2. The molecule has 0 atom stereocenters. The number of rotatable bonds is 4. The second-order valence-corrected chi connectivity index (χ2v) is 5.74. The van der Waals surface area contributed by atoms with Gasteiger partial charge in [-0.2, -0.15) is 0 Å². The maximum atomic E-state index is 10.9. The predicted octanol–water partition coefficient (Wildman–Crippen LogP) is 2.89. The normalized spacial score (nSPS) is 17.0. The lowest BCUT2D eigenvalue weighted by Crippen LogP contribution is -2.25. The summed E-state index contributed by atoms with van der Waals surface area (Å²) in [4.78, 5) is 19.7. The highest BCUT2D eigenvalue weighted by atomic mass is 16.4. The van der Waals surface area contributed by atoms with Gasteiger partial charge in [0.05, 0.1) is 6.42 Å². The van der Waals surface area contributed by atoms with Crippen LogP contribution in [0.15, 0.2) is 12.3 Å². The molecule has 1 aromatic rings. The number of hydrogen-bond acceptors (Lipinski definition) is 3. The fourth-order valence-electron chi connectivity index (χ4n) is 2.60. The van der Waals surface area contributed by atoms with Crippen LogP contribution in [0.2, 0.25) is 0 Å². The molecule has 0 unspecified atom stereocenters. The van der Waals surface area contributed by atoms with Gasteiger partial charge in [0, 0.05) is 23.2 Å².